The Bertz CT molecular complexity index is 750. The third-order valence-corrected chi connectivity index (χ3v) is 3.15. The summed E-state index contributed by atoms with van der Waals surface area (Å²) in [4.78, 5) is 16.3. The number of imidazole rings is 1. The first-order valence-electron chi connectivity index (χ1n) is 6.08. The van der Waals surface area contributed by atoms with E-state index in [-0.39, 0.29) is 12.5 Å². The fourth-order valence-corrected chi connectivity index (χ4v) is 2.03. The predicted octanol–water partition coefficient (Wildman–Crippen LogP) is 3.41. The lowest BCUT2D eigenvalue weighted by atomic mass is 10.3. The maximum absolute atomic E-state index is 12.1. The SMILES string of the molecule is O=C(COc1ccc(Cl)cc1)n1cnc2ccccc21. The number of halogens is 1. The highest BCUT2D eigenvalue weighted by atomic mass is 35.5. The van der Waals surface area contributed by atoms with Crippen molar-refractivity contribution < 1.29 is 9.53 Å². The molecule has 0 fully saturated rings. The number of ether oxygens (including phenoxy) is 1. The highest BCUT2D eigenvalue weighted by molar-refractivity contribution is 6.30. The molecule has 0 saturated heterocycles. The van der Waals surface area contributed by atoms with E-state index in [1.165, 1.54) is 10.9 Å². The number of nitrogens with zero attached hydrogens (tertiary/aromatic N) is 2. The van der Waals surface area contributed by atoms with Crippen molar-refractivity contribution >= 4 is 28.5 Å². The van der Waals surface area contributed by atoms with Crippen molar-refractivity contribution in [3.63, 3.8) is 0 Å². The zero-order chi connectivity index (χ0) is 13.9. The number of fused-ring (bicyclic) bond motifs is 1. The molecule has 0 saturated carbocycles. The lowest BCUT2D eigenvalue weighted by Crippen LogP contribution is -2.18. The molecule has 3 aromatic rings. The van der Waals surface area contributed by atoms with Crippen molar-refractivity contribution in [1.29, 1.82) is 0 Å². The molecule has 0 atom stereocenters. The van der Waals surface area contributed by atoms with Crippen LogP contribution >= 0.6 is 11.6 Å². The number of carbonyl (C=O) groups excluding carboxylic acids is 1. The molecule has 0 aliphatic rings. The fraction of sp³-hybridized carbons (Fsp3) is 0.0667. The van der Waals surface area contributed by atoms with Crippen LogP contribution in [0, 0.1) is 0 Å². The quantitative estimate of drug-likeness (QED) is 0.741. The highest BCUT2D eigenvalue weighted by Crippen LogP contribution is 2.16. The maximum Gasteiger partial charge on any atom is 0.270 e. The molecule has 4 nitrogen and oxygen atoms in total. The van der Waals surface area contributed by atoms with Crippen LogP contribution in [0.2, 0.25) is 5.02 Å². The molecule has 0 amide bonds. The number of hydrogen-bond acceptors (Lipinski definition) is 3. The van der Waals surface area contributed by atoms with E-state index in [9.17, 15) is 4.79 Å². The summed E-state index contributed by atoms with van der Waals surface area (Å²) in [7, 11) is 0. The van der Waals surface area contributed by atoms with E-state index in [0.29, 0.717) is 10.8 Å². The molecule has 20 heavy (non-hydrogen) atoms. The standard InChI is InChI=1S/C15H11ClN2O2/c16-11-5-7-12(8-6-11)20-9-15(19)18-10-17-13-3-1-2-4-14(13)18/h1-8,10H,9H2. The van der Waals surface area contributed by atoms with E-state index in [1.807, 2.05) is 24.3 Å². The first-order valence-corrected chi connectivity index (χ1v) is 6.45. The molecule has 100 valence electrons. The number of rotatable bonds is 3. The van der Waals surface area contributed by atoms with Crippen molar-refractivity contribution in [2.24, 2.45) is 0 Å². The summed E-state index contributed by atoms with van der Waals surface area (Å²) >= 11 is 5.79. The minimum absolute atomic E-state index is 0.0536. The molecular weight excluding hydrogens is 276 g/mol. The predicted molar refractivity (Wildman–Crippen MR) is 77.3 cm³/mol. The Kier molecular flexibility index (Phi) is 3.39. The number of benzene rings is 2. The topological polar surface area (TPSA) is 44.1 Å². The number of aromatic nitrogens is 2. The molecule has 1 aromatic heterocycles. The normalized spacial score (nSPS) is 10.7. The first kappa shape index (κ1) is 12.7. The van der Waals surface area contributed by atoms with Gasteiger partial charge in [-0.25, -0.2) is 4.98 Å². The second-order valence-electron chi connectivity index (χ2n) is 4.24. The van der Waals surface area contributed by atoms with E-state index < -0.39 is 0 Å². The molecule has 0 aliphatic carbocycles. The Morgan fingerprint density at radius 2 is 1.90 bits per heavy atom. The van der Waals surface area contributed by atoms with Gasteiger partial charge in [-0.15, -0.1) is 0 Å². The molecular formula is C15H11ClN2O2. The highest BCUT2D eigenvalue weighted by Gasteiger charge is 2.10. The fourth-order valence-electron chi connectivity index (χ4n) is 1.90. The van der Waals surface area contributed by atoms with Gasteiger partial charge >= 0.3 is 0 Å². The van der Waals surface area contributed by atoms with Crippen LogP contribution in [0.3, 0.4) is 0 Å². The zero-order valence-corrected chi connectivity index (χ0v) is 11.2. The number of carbonyl (C=O) groups is 1. The van der Waals surface area contributed by atoms with Crippen LogP contribution in [-0.2, 0) is 0 Å². The Hall–Kier alpha value is -2.33. The second-order valence-corrected chi connectivity index (χ2v) is 4.68. The van der Waals surface area contributed by atoms with Crippen molar-refractivity contribution in [1.82, 2.24) is 9.55 Å². The van der Waals surface area contributed by atoms with Crippen LogP contribution in [0.4, 0.5) is 0 Å². The minimum Gasteiger partial charge on any atom is -0.484 e. The lowest BCUT2D eigenvalue weighted by Gasteiger charge is -2.06. The summed E-state index contributed by atoms with van der Waals surface area (Å²) in [5.41, 5.74) is 1.56. The average molecular weight is 287 g/mol. The van der Waals surface area contributed by atoms with Gasteiger partial charge in [0.1, 0.15) is 12.1 Å². The largest absolute Gasteiger partial charge is 0.484 e. The molecule has 5 heteroatoms. The summed E-state index contributed by atoms with van der Waals surface area (Å²) in [6, 6.07) is 14.3. The monoisotopic (exact) mass is 286 g/mol. The van der Waals surface area contributed by atoms with Crippen molar-refractivity contribution in [3.05, 3.63) is 59.9 Å². The molecule has 0 aliphatic heterocycles. The average Bonchev–Trinajstić information content (AvgIpc) is 2.90. The summed E-state index contributed by atoms with van der Waals surface area (Å²) in [6.07, 6.45) is 1.51. The van der Waals surface area contributed by atoms with Crippen LogP contribution < -0.4 is 4.74 Å². The summed E-state index contributed by atoms with van der Waals surface area (Å²) < 4.78 is 6.93. The lowest BCUT2D eigenvalue weighted by molar-refractivity contribution is 0.0842. The Morgan fingerprint density at radius 1 is 1.15 bits per heavy atom. The van der Waals surface area contributed by atoms with Crippen molar-refractivity contribution in [3.8, 4) is 5.75 Å². The number of para-hydroxylation sites is 2. The summed E-state index contributed by atoms with van der Waals surface area (Å²) in [5.74, 6) is 0.431. The summed E-state index contributed by atoms with van der Waals surface area (Å²) in [5, 5.41) is 0.629. The van der Waals surface area contributed by atoms with Crippen molar-refractivity contribution in [2.45, 2.75) is 0 Å². The van der Waals surface area contributed by atoms with Gasteiger partial charge in [0.15, 0.2) is 6.61 Å². The van der Waals surface area contributed by atoms with Gasteiger partial charge < -0.3 is 4.74 Å². The van der Waals surface area contributed by atoms with Gasteiger partial charge in [-0.3, -0.25) is 9.36 Å². The molecule has 0 N–H and O–H groups in total. The van der Waals surface area contributed by atoms with Gasteiger partial charge in [-0.05, 0) is 36.4 Å². The zero-order valence-electron chi connectivity index (χ0n) is 10.5. The maximum atomic E-state index is 12.1. The molecule has 0 radical (unpaired) electrons. The molecule has 0 bridgehead atoms. The van der Waals surface area contributed by atoms with E-state index in [4.69, 9.17) is 16.3 Å². The van der Waals surface area contributed by atoms with Gasteiger partial charge in [0.2, 0.25) is 0 Å². The van der Waals surface area contributed by atoms with Crippen LogP contribution in [-0.4, -0.2) is 22.1 Å². The Morgan fingerprint density at radius 3 is 2.70 bits per heavy atom. The smallest absolute Gasteiger partial charge is 0.270 e. The summed E-state index contributed by atoms with van der Waals surface area (Å²) in [6.45, 7) is -0.0536. The Labute approximate surface area is 120 Å². The van der Waals surface area contributed by atoms with Gasteiger partial charge in [-0.2, -0.15) is 0 Å². The van der Waals surface area contributed by atoms with Crippen LogP contribution in [0.15, 0.2) is 54.9 Å². The molecule has 1 heterocycles. The van der Waals surface area contributed by atoms with E-state index in [0.717, 1.165) is 11.0 Å². The van der Waals surface area contributed by atoms with Crippen LogP contribution in [0.1, 0.15) is 4.79 Å². The van der Waals surface area contributed by atoms with E-state index in [1.54, 1.807) is 24.3 Å². The minimum atomic E-state index is -0.173. The van der Waals surface area contributed by atoms with Gasteiger partial charge in [-0.1, -0.05) is 23.7 Å². The third kappa shape index (κ3) is 2.51. The van der Waals surface area contributed by atoms with Gasteiger partial charge in [0, 0.05) is 5.02 Å². The number of hydrogen-bond donors (Lipinski definition) is 0. The van der Waals surface area contributed by atoms with Crippen LogP contribution in [0.25, 0.3) is 11.0 Å². The van der Waals surface area contributed by atoms with Gasteiger partial charge in [0.05, 0.1) is 11.0 Å². The van der Waals surface area contributed by atoms with E-state index >= 15 is 0 Å². The first-order chi connectivity index (χ1) is 9.74. The van der Waals surface area contributed by atoms with Gasteiger partial charge in [0.25, 0.3) is 5.91 Å². The second kappa shape index (κ2) is 5.35. The third-order valence-electron chi connectivity index (χ3n) is 2.90. The van der Waals surface area contributed by atoms with Crippen LogP contribution in [0.5, 0.6) is 5.75 Å². The Balaban J connectivity index is 1.75. The molecule has 0 unspecified atom stereocenters. The van der Waals surface area contributed by atoms with E-state index in [2.05, 4.69) is 4.98 Å². The van der Waals surface area contributed by atoms with Crippen molar-refractivity contribution in [2.75, 3.05) is 6.61 Å². The molecule has 2 aromatic carbocycles. The molecule has 3 rings (SSSR count). The molecule has 0 spiro atoms.